The Hall–Kier alpha value is -1.66. The van der Waals surface area contributed by atoms with Gasteiger partial charge in [0, 0.05) is 25.4 Å². The Morgan fingerprint density at radius 2 is 1.82 bits per heavy atom. The molecule has 2 aromatic rings. The second-order valence-electron chi connectivity index (χ2n) is 5.03. The summed E-state index contributed by atoms with van der Waals surface area (Å²) >= 11 is 0. The van der Waals surface area contributed by atoms with E-state index < -0.39 is 10.1 Å². The van der Waals surface area contributed by atoms with E-state index in [-0.39, 0.29) is 4.90 Å². The van der Waals surface area contributed by atoms with Gasteiger partial charge in [-0.2, -0.15) is 8.42 Å². The average molecular weight is 324 g/mol. The van der Waals surface area contributed by atoms with Gasteiger partial charge in [-0.15, -0.1) is 0 Å². The molecule has 0 unspecified atom stereocenters. The van der Waals surface area contributed by atoms with Gasteiger partial charge in [-0.1, -0.05) is 38.0 Å². The maximum absolute atomic E-state index is 10.5. The zero-order chi connectivity index (χ0) is 16.6. The van der Waals surface area contributed by atoms with Crippen molar-refractivity contribution in [3.05, 3.63) is 48.0 Å². The molecule has 0 aliphatic heterocycles. The summed E-state index contributed by atoms with van der Waals surface area (Å²) in [6.07, 6.45) is 7.49. The number of imidazole rings is 1. The van der Waals surface area contributed by atoms with Crippen molar-refractivity contribution < 1.29 is 13.0 Å². The summed E-state index contributed by atoms with van der Waals surface area (Å²) in [5, 5.41) is 0. The second-order valence-corrected chi connectivity index (χ2v) is 6.45. The second kappa shape index (κ2) is 8.70. The van der Waals surface area contributed by atoms with Crippen LogP contribution in [0.5, 0.6) is 0 Å². The minimum absolute atomic E-state index is 0.0666. The van der Waals surface area contributed by atoms with Crippen LogP contribution < -0.4 is 0 Å². The van der Waals surface area contributed by atoms with Crippen LogP contribution in [0.25, 0.3) is 0 Å². The van der Waals surface area contributed by atoms with Crippen molar-refractivity contribution in [2.45, 2.75) is 51.5 Å². The van der Waals surface area contributed by atoms with Gasteiger partial charge in [-0.05, 0) is 25.5 Å². The molecule has 0 aliphatic rings. The molecule has 0 aliphatic carbocycles. The normalized spacial score (nSPS) is 10.9. The highest BCUT2D eigenvalue weighted by Crippen LogP contribution is 2.08. The van der Waals surface area contributed by atoms with Crippen molar-refractivity contribution in [3.8, 4) is 0 Å². The summed E-state index contributed by atoms with van der Waals surface area (Å²) in [4.78, 5) is 4.18. The van der Waals surface area contributed by atoms with Crippen molar-refractivity contribution in [1.29, 1.82) is 0 Å². The largest absolute Gasteiger partial charge is 0.335 e. The van der Waals surface area contributed by atoms with E-state index in [0.29, 0.717) is 0 Å². The number of hydrogen-bond acceptors (Lipinski definition) is 3. The molecule has 0 saturated carbocycles. The van der Waals surface area contributed by atoms with Crippen LogP contribution in [0.3, 0.4) is 0 Å². The van der Waals surface area contributed by atoms with Crippen LogP contribution in [0.4, 0.5) is 0 Å². The average Bonchev–Trinajstić information content (AvgIpc) is 2.92. The third kappa shape index (κ3) is 5.99. The zero-order valence-corrected chi connectivity index (χ0v) is 14.2. The molecule has 0 fully saturated rings. The van der Waals surface area contributed by atoms with Gasteiger partial charge in [0.25, 0.3) is 10.1 Å². The Labute approximate surface area is 132 Å². The molecule has 22 heavy (non-hydrogen) atoms. The lowest BCUT2D eigenvalue weighted by Gasteiger charge is -2.03. The number of rotatable bonds is 5. The van der Waals surface area contributed by atoms with Crippen LogP contribution in [-0.2, 0) is 23.1 Å². The first kappa shape index (κ1) is 18.4. The SMILES string of the molecule is CCCCn1ccnc1CC.Cc1ccc(S(=O)(=O)O)cc1. The Morgan fingerprint density at radius 1 is 1.18 bits per heavy atom. The molecule has 0 amide bonds. The topological polar surface area (TPSA) is 72.2 Å². The molecule has 0 bridgehead atoms. The maximum atomic E-state index is 10.5. The molecule has 1 aromatic heterocycles. The minimum atomic E-state index is -4.02. The van der Waals surface area contributed by atoms with E-state index in [9.17, 15) is 8.42 Å². The summed E-state index contributed by atoms with van der Waals surface area (Å²) in [5.41, 5.74) is 0.956. The van der Waals surface area contributed by atoms with E-state index in [4.69, 9.17) is 4.55 Å². The molecule has 1 N–H and O–H groups in total. The number of aryl methyl sites for hydroxylation is 3. The van der Waals surface area contributed by atoms with Gasteiger partial charge in [-0.3, -0.25) is 4.55 Å². The highest BCUT2D eigenvalue weighted by atomic mass is 32.2. The van der Waals surface area contributed by atoms with Crippen molar-refractivity contribution in [2.24, 2.45) is 0 Å². The van der Waals surface area contributed by atoms with Crippen molar-refractivity contribution >= 4 is 10.1 Å². The van der Waals surface area contributed by atoms with Gasteiger partial charge in [0.15, 0.2) is 0 Å². The smallest absolute Gasteiger partial charge is 0.294 e. The van der Waals surface area contributed by atoms with Gasteiger partial charge >= 0.3 is 0 Å². The Kier molecular flexibility index (Phi) is 7.27. The summed E-state index contributed by atoms with van der Waals surface area (Å²) < 4.78 is 31.8. The number of benzene rings is 1. The Morgan fingerprint density at radius 3 is 2.32 bits per heavy atom. The van der Waals surface area contributed by atoms with E-state index in [1.54, 1.807) is 12.1 Å². The van der Waals surface area contributed by atoms with Crippen LogP contribution in [0.15, 0.2) is 41.6 Å². The predicted molar refractivity (Wildman–Crippen MR) is 87.5 cm³/mol. The molecule has 0 radical (unpaired) electrons. The van der Waals surface area contributed by atoms with Crippen LogP contribution in [0, 0.1) is 6.92 Å². The summed E-state index contributed by atoms with van der Waals surface area (Å²) in [6, 6.07) is 5.99. The molecule has 122 valence electrons. The first-order valence-corrected chi connectivity index (χ1v) is 8.86. The highest BCUT2D eigenvalue weighted by molar-refractivity contribution is 7.85. The van der Waals surface area contributed by atoms with Gasteiger partial charge in [0.2, 0.25) is 0 Å². The van der Waals surface area contributed by atoms with Crippen molar-refractivity contribution in [2.75, 3.05) is 0 Å². The zero-order valence-electron chi connectivity index (χ0n) is 13.4. The summed E-state index contributed by atoms with van der Waals surface area (Å²) in [6.45, 7) is 7.32. The van der Waals surface area contributed by atoms with Crippen LogP contribution in [0.2, 0.25) is 0 Å². The molecule has 6 heteroatoms. The first-order valence-electron chi connectivity index (χ1n) is 7.42. The summed E-state index contributed by atoms with van der Waals surface area (Å²) in [7, 11) is -4.02. The van der Waals surface area contributed by atoms with Gasteiger partial charge in [0.05, 0.1) is 4.90 Å². The fourth-order valence-electron chi connectivity index (χ4n) is 1.90. The fourth-order valence-corrected chi connectivity index (χ4v) is 2.38. The molecule has 1 heterocycles. The predicted octanol–water partition coefficient (Wildman–Crippen LogP) is 3.49. The van der Waals surface area contributed by atoms with Crippen LogP contribution >= 0.6 is 0 Å². The van der Waals surface area contributed by atoms with Gasteiger partial charge in [0.1, 0.15) is 5.82 Å². The summed E-state index contributed by atoms with van der Waals surface area (Å²) in [5.74, 6) is 1.21. The quantitative estimate of drug-likeness (QED) is 0.855. The molecular formula is C16H24N2O3S. The lowest BCUT2D eigenvalue weighted by molar-refractivity contribution is 0.483. The number of hydrogen-bond donors (Lipinski definition) is 1. The lowest BCUT2D eigenvalue weighted by atomic mass is 10.2. The Bertz CT molecular complexity index is 661. The minimum Gasteiger partial charge on any atom is -0.335 e. The van der Waals surface area contributed by atoms with E-state index in [1.165, 1.54) is 30.8 Å². The molecule has 0 atom stereocenters. The lowest BCUT2D eigenvalue weighted by Crippen LogP contribution is -2.01. The fraction of sp³-hybridized carbons (Fsp3) is 0.438. The third-order valence-corrected chi connectivity index (χ3v) is 4.06. The molecule has 1 aromatic carbocycles. The molecule has 0 spiro atoms. The van der Waals surface area contributed by atoms with Gasteiger partial charge in [-0.25, -0.2) is 4.98 Å². The third-order valence-electron chi connectivity index (χ3n) is 3.19. The van der Waals surface area contributed by atoms with E-state index >= 15 is 0 Å². The first-order chi connectivity index (χ1) is 10.4. The maximum Gasteiger partial charge on any atom is 0.294 e. The molecule has 2 rings (SSSR count). The standard InChI is InChI=1S/C9H16N2.C7H8O3S/c1-3-5-7-11-8-6-10-9(11)4-2;1-6-2-4-7(5-3-6)11(8,9)10/h6,8H,3-5,7H2,1-2H3;2-5H,1H3,(H,8,9,10). The number of aromatic nitrogens is 2. The van der Waals surface area contributed by atoms with E-state index in [2.05, 4.69) is 29.6 Å². The highest BCUT2D eigenvalue weighted by Gasteiger charge is 2.06. The van der Waals surface area contributed by atoms with Gasteiger partial charge < -0.3 is 4.57 Å². The molecule has 5 nitrogen and oxygen atoms in total. The monoisotopic (exact) mass is 324 g/mol. The van der Waals surface area contributed by atoms with Crippen LogP contribution in [-0.4, -0.2) is 22.5 Å². The molecule has 0 saturated heterocycles. The number of unbranched alkanes of at least 4 members (excludes halogenated alkanes) is 1. The van der Waals surface area contributed by atoms with Crippen LogP contribution in [0.1, 0.15) is 38.1 Å². The van der Waals surface area contributed by atoms with E-state index in [1.807, 2.05) is 13.1 Å². The Balaban J connectivity index is 0.000000220. The number of nitrogens with zero attached hydrogens (tertiary/aromatic N) is 2. The van der Waals surface area contributed by atoms with Crippen molar-refractivity contribution in [3.63, 3.8) is 0 Å². The van der Waals surface area contributed by atoms with Crippen molar-refractivity contribution in [1.82, 2.24) is 9.55 Å². The molecular weight excluding hydrogens is 300 g/mol. The van der Waals surface area contributed by atoms with E-state index in [0.717, 1.165) is 18.5 Å².